The standard InChI is InChI=1S/C11H11ClN2O2/c1-8(15)13-5-3-2-4-9-6-10(12)7-14-11(9)16/h6-7H,3,5H2,1H3,(H,13,15)(H,14,16). The number of hydrogen-bond acceptors (Lipinski definition) is 2. The summed E-state index contributed by atoms with van der Waals surface area (Å²) < 4.78 is 0. The molecule has 2 N–H and O–H groups in total. The maximum Gasteiger partial charge on any atom is 0.263 e. The summed E-state index contributed by atoms with van der Waals surface area (Å²) in [5, 5.41) is 3.04. The van der Waals surface area contributed by atoms with Crippen LogP contribution in [0.4, 0.5) is 0 Å². The van der Waals surface area contributed by atoms with Gasteiger partial charge in [-0.1, -0.05) is 23.4 Å². The Morgan fingerprint density at radius 2 is 2.38 bits per heavy atom. The topological polar surface area (TPSA) is 62.0 Å². The van der Waals surface area contributed by atoms with E-state index in [4.69, 9.17) is 11.6 Å². The average molecular weight is 239 g/mol. The van der Waals surface area contributed by atoms with E-state index in [1.165, 1.54) is 19.2 Å². The van der Waals surface area contributed by atoms with Crippen LogP contribution in [0.1, 0.15) is 18.9 Å². The van der Waals surface area contributed by atoms with Gasteiger partial charge in [-0.15, -0.1) is 0 Å². The summed E-state index contributed by atoms with van der Waals surface area (Å²) in [6.45, 7) is 1.91. The molecule has 1 aromatic heterocycles. The minimum absolute atomic E-state index is 0.0950. The van der Waals surface area contributed by atoms with Gasteiger partial charge in [-0.25, -0.2) is 0 Å². The summed E-state index contributed by atoms with van der Waals surface area (Å²) in [6, 6.07) is 1.51. The van der Waals surface area contributed by atoms with Crippen molar-refractivity contribution in [1.29, 1.82) is 0 Å². The molecule has 0 spiro atoms. The number of pyridine rings is 1. The molecule has 0 aliphatic heterocycles. The zero-order valence-electron chi connectivity index (χ0n) is 8.76. The smallest absolute Gasteiger partial charge is 0.263 e. The average Bonchev–Trinajstić information content (AvgIpc) is 2.22. The van der Waals surface area contributed by atoms with Gasteiger partial charge in [0.1, 0.15) is 0 Å². The third kappa shape index (κ3) is 4.20. The number of H-pyrrole nitrogens is 1. The molecule has 0 aromatic carbocycles. The highest BCUT2D eigenvalue weighted by Crippen LogP contribution is 2.03. The highest BCUT2D eigenvalue weighted by Gasteiger charge is 1.95. The summed E-state index contributed by atoms with van der Waals surface area (Å²) in [5.74, 6) is 5.38. The zero-order valence-corrected chi connectivity index (χ0v) is 9.52. The van der Waals surface area contributed by atoms with Crippen molar-refractivity contribution in [2.75, 3.05) is 6.54 Å². The largest absolute Gasteiger partial charge is 0.355 e. The molecular weight excluding hydrogens is 228 g/mol. The minimum Gasteiger partial charge on any atom is -0.355 e. The lowest BCUT2D eigenvalue weighted by Crippen LogP contribution is -2.20. The molecule has 0 unspecified atom stereocenters. The van der Waals surface area contributed by atoms with Crippen LogP contribution < -0.4 is 10.9 Å². The van der Waals surface area contributed by atoms with E-state index in [1.54, 1.807) is 0 Å². The molecule has 1 rings (SSSR count). The summed E-state index contributed by atoms with van der Waals surface area (Å²) >= 11 is 5.70. The third-order valence-corrected chi connectivity index (χ3v) is 1.93. The molecule has 0 atom stereocenters. The first-order valence-electron chi connectivity index (χ1n) is 4.71. The number of nitrogens with one attached hydrogen (secondary N) is 2. The second-order valence-corrected chi connectivity index (χ2v) is 3.53. The van der Waals surface area contributed by atoms with Gasteiger partial charge < -0.3 is 10.3 Å². The monoisotopic (exact) mass is 238 g/mol. The van der Waals surface area contributed by atoms with E-state index in [0.29, 0.717) is 23.6 Å². The van der Waals surface area contributed by atoms with E-state index in [-0.39, 0.29) is 11.5 Å². The van der Waals surface area contributed by atoms with Crippen molar-refractivity contribution < 1.29 is 4.79 Å². The number of carbonyl (C=O) groups excluding carboxylic acids is 1. The maximum atomic E-state index is 11.3. The SMILES string of the molecule is CC(=O)NCCC#Cc1cc(Cl)c[nH]c1=O. The number of hydrogen-bond donors (Lipinski definition) is 2. The Bertz CT molecular complexity index is 497. The lowest BCUT2D eigenvalue weighted by atomic mass is 10.2. The summed E-state index contributed by atoms with van der Waals surface area (Å²) in [7, 11) is 0. The molecule has 0 saturated heterocycles. The van der Waals surface area contributed by atoms with Crippen LogP contribution in [0.5, 0.6) is 0 Å². The minimum atomic E-state index is -0.267. The molecule has 0 radical (unpaired) electrons. The van der Waals surface area contributed by atoms with Gasteiger partial charge in [0.2, 0.25) is 5.91 Å². The summed E-state index contributed by atoms with van der Waals surface area (Å²) in [6.07, 6.45) is 1.90. The first-order valence-corrected chi connectivity index (χ1v) is 5.09. The second kappa shape index (κ2) is 5.99. The van der Waals surface area contributed by atoms with Gasteiger partial charge in [-0.2, -0.15) is 0 Å². The first-order chi connectivity index (χ1) is 7.59. The normalized spacial score (nSPS) is 9.12. The van der Waals surface area contributed by atoms with E-state index in [0.717, 1.165) is 0 Å². The Morgan fingerprint density at radius 3 is 3.06 bits per heavy atom. The van der Waals surface area contributed by atoms with Crippen molar-refractivity contribution in [2.24, 2.45) is 0 Å². The van der Waals surface area contributed by atoms with Crippen molar-refractivity contribution >= 4 is 17.5 Å². The second-order valence-electron chi connectivity index (χ2n) is 3.10. The van der Waals surface area contributed by atoms with Gasteiger partial charge in [0.05, 0.1) is 10.6 Å². The van der Waals surface area contributed by atoms with Crippen LogP contribution in [0.3, 0.4) is 0 Å². The predicted molar refractivity (Wildman–Crippen MR) is 62.3 cm³/mol. The molecule has 0 fully saturated rings. The van der Waals surface area contributed by atoms with E-state index in [9.17, 15) is 9.59 Å². The van der Waals surface area contributed by atoms with Crippen molar-refractivity contribution in [3.63, 3.8) is 0 Å². The highest BCUT2D eigenvalue weighted by atomic mass is 35.5. The fourth-order valence-electron chi connectivity index (χ4n) is 1.01. The molecule has 0 saturated carbocycles. The van der Waals surface area contributed by atoms with Gasteiger partial charge in [0.15, 0.2) is 0 Å². The quantitative estimate of drug-likeness (QED) is 0.594. The van der Waals surface area contributed by atoms with E-state index in [1.807, 2.05) is 0 Å². The Hall–Kier alpha value is -1.73. The van der Waals surface area contributed by atoms with Crippen LogP contribution >= 0.6 is 11.6 Å². The van der Waals surface area contributed by atoms with E-state index < -0.39 is 0 Å². The molecule has 0 aliphatic carbocycles. The number of aromatic amines is 1. The fourth-order valence-corrected chi connectivity index (χ4v) is 1.17. The number of halogens is 1. The first kappa shape index (κ1) is 12.3. The molecule has 5 heteroatoms. The Kier molecular flexibility index (Phi) is 4.62. The fraction of sp³-hybridized carbons (Fsp3) is 0.273. The molecule has 84 valence electrons. The van der Waals surface area contributed by atoms with Crippen molar-refractivity contribution in [3.8, 4) is 11.8 Å². The predicted octanol–water partition coefficient (Wildman–Crippen LogP) is 0.906. The van der Waals surface area contributed by atoms with Crippen LogP contribution in [-0.4, -0.2) is 17.4 Å². The van der Waals surface area contributed by atoms with Gasteiger partial charge in [-0.05, 0) is 6.07 Å². The van der Waals surface area contributed by atoms with Crippen molar-refractivity contribution in [2.45, 2.75) is 13.3 Å². The van der Waals surface area contributed by atoms with Crippen LogP contribution in [0, 0.1) is 11.8 Å². The lowest BCUT2D eigenvalue weighted by Gasteiger charge is -1.94. The molecule has 0 bridgehead atoms. The molecule has 1 heterocycles. The van der Waals surface area contributed by atoms with Gasteiger partial charge in [0.25, 0.3) is 5.56 Å². The number of rotatable bonds is 2. The third-order valence-electron chi connectivity index (χ3n) is 1.72. The Balaban J connectivity index is 2.59. The van der Waals surface area contributed by atoms with E-state index in [2.05, 4.69) is 22.1 Å². The van der Waals surface area contributed by atoms with Crippen LogP contribution in [-0.2, 0) is 4.79 Å². The summed E-state index contributed by atoms with van der Waals surface area (Å²) in [5.41, 5.74) is 0.0618. The molecule has 4 nitrogen and oxygen atoms in total. The Morgan fingerprint density at radius 1 is 1.62 bits per heavy atom. The van der Waals surface area contributed by atoms with Crippen molar-refractivity contribution in [3.05, 3.63) is 33.2 Å². The number of aromatic nitrogens is 1. The van der Waals surface area contributed by atoms with E-state index >= 15 is 0 Å². The number of amides is 1. The van der Waals surface area contributed by atoms with Gasteiger partial charge >= 0.3 is 0 Å². The number of carbonyl (C=O) groups is 1. The van der Waals surface area contributed by atoms with Crippen LogP contribution in [0.25, 0.3) is 0 Å². The van der Waals surface area contributed by atoms with Crippen LogP contribution in [0.2, 0.25) is 5.02 Å². The molecular formula is C11H11ClN2O2. The van der Waals surface area contributed by atoms with Gasteiger partial charge in [-0.3, -0.25) is 9.59 Å². The van der Waals surface area contributed by atoms with Crippen molar-refractivity contribution in [1.82, 2.24) is 10.3 Å². The lowest BCUT2D eigenvalue weighted by molar-refractivity contribution is -0.118. The molecule has 1 amide bonds. The Labute approximate surface area is 98.0 Å². The van der Waals surface area contributed by atoms with Gasteiger partial charge in [0, 0.05) is 26.1 Å². The molecule has 16 heavy (non-hydrogen) atoms. The molecule has 0 aliphatic rings. The van der Waals surface area contributed by atoms with Crippen LogP contribution in [0.15, 0.2) is 17.1 Å². The molecule has 1 aromatic rings. The maximum absolute atomic E-state index is 11.3. The zero-order chi connectivity index (χ0) is 12.0. The highest BCUT2D eigenvalue weighted by molar-refractivity contribution is 6.30. The summed E-state index contributed by atoms with van der Waals surface area (Å²) in [4.78, 5) is 24.3.